The standard InChI is InChI=1S/C15H24N2/c1-11-4-3-5-13(10-11)12(2)17-15-8-6-14(16)7-9-15/h3-5,10,12,14-15,17H,6-9,16H2,1-2H3. The zero-order valence-corrected chi connectivity index (χ0v) is 10.9. The van der Waals surface area contributed by atoms with E-state index in [2.05, 4.69) is 43.4 Å². The number of rotatable bonds is 3. The number of nitrogens with two attached hydrogens (primary N) is 1. The average Bonchev–Trinajstić information content (AvgIpc) is 2.32. The average molecular weight is 232 g/mol. The predicted octanol–water partition coefficient (Wildman–Crippen LogP) is 2.92. The van der Waals surface area contributed by atoms with Crippen molar-refractivity contribution in [3.63, 3.8) is 0 Å². The molecule has 1 fully saturated rings. The van der Waals surface area contributed by atoms with E-state index in [4.69, 9.17) is 5.73 Å². The SMILES string of the molecule is Cc1cccc(C(C)NC2CCC(N)CC2)c1. The number of hydrogen-bond donors (Lipinski definition) is 2. The molecule has 1 atom stereocenters. The first-order valence-electron chi connectivity index (χ1n) is 6.73. The van der Waals surface area contributed by atoms with Crippen LogP contribution >= 0.6 is 0 Å². The molecule has 1 unspecified atom stereocenters. The molecule has 94 valence electrons. The highest BCUT2D eigenvalue weighted by Crippen LogP contribution is 2.21. The Morgan fingerprint density at radius 3 is 2.59 bits per heavy atom. The van der Waals surface area contributed by atoms with Gasteiger partial charge in [-0.3, -0.25) is 0 Å². The van der Waals surface area contributed by atoms with Gasteiger partial charge in [-0.15, -0.1) is 0 Å². The van der Waals surface area contributed by atoms with Crippen molar-refractivity contribution in [2.45, 2.75) is 57.7 Å². The summed E-state index contributed by atoms with van der Waals surface area (Å²) in [6.07, 6.45) is 4.77. The van der Waals surface area contributed by atoms with Gasteiger partial charge in [0.1, 0.15) is 0 Å². The van der Waals surface area contributed by atoms with Crippen molar-refractivity contribution < 1.29 is 0 Å². The van der Waals surface area contributed by atoms with Gasteiger partial charge in [0.2, 0.25) is 0 Å². The van der Waals surface area contributed by atoms with Crippen LogP contribution in [-0.4, -0.2) is 12.1 Å². The summed E-state index contributed by atoms with van der Waals surface area (Å²) in [4.78, 5) is 0. The largest absolute Gasteiger partial charge is 0.328 e. The van der Waals surface area contributed by atoms with Crippen molar-refractivity contribution in [1.29, 1.82) is 0 Å². The normalized spacial score (nSPS) is 26.8. The molecule has 17 heavy (non-hydrogen) atoms. The van der Waals surface area contributed by atoms with Gasteiger partial charge in [-0.1, -0.05) is 29.8 Å². The summed E-state index contributed by atoms with van der Waals surface area (Å²) >= 11 is 0. The molecule has 1 aromatic carbocycles. The summed E-state index contributed by atoms with van der Waals surface area (Å²) in [7, 11) is 0. The van der Waals surface area contributed by atoms with E-state index in [0.29, 0.717) is 18.1 Å². The van der Waals surface area contributed by atoms with Gasteiger partial charge in [-0.25, -0.2) is 0 Å². The van der Waals surface area contributed by atoms with Gasteiger partial charge in [-0.2, -0.15) is 0 Å². The van der Waals surface area contributed by atoms with Crippen molar-refractivity contribution in [1.82, 2.24) is 5.32 Å². The molecule has 3 N–H and O–H groups in total. The Hall–Kier alpha value is -0.860. The maximum atomic E-state index is 5.93. The van der Waals surface area contributed by atoms with Crippen molar-refractivity contribution in [3.8, 4) is 0 Å². The maximum Gasteiger partial charge on any atom is 0.0294 e. The first-order chi connectivity index (χ1) is 8.15. The molecule has 0 aliphatic heterocycles. The summed E-state index contributed by atoms with van der Waals surface area (Å²) < 4.78 is 0. The third-order valence-corrected chi connectivity index (χ3v) is 3.80. The molecule has 1 aliphatic rings. The van der Waals surface area contributed by atoms with Gasteiger partial charge in [0, 0.05) is 18.1 Å². The van der Waals surface area contributed by atoms with Crippen LogP contribution in [0.25, 0.3) is 0 Å². The van der Waals surface area contributed by atoms with E-state index >= 15 is 0 Å². The Balaban J connectivity index is 1.90. The minimum atomic E-state index is 0.433. The van der Waals surface area contributed by atoms with Gasteiger partial charge in [0.05, 0.1) is 0 Å². The zero-order valence-electron chi connectivity index (χ0n) is 10.9. The smallest absolute Gasteiger partial charge is 0.0294 e. The number of hydrogen-bond acceptors (Lipinski definition) is 2. The fourth-order valence-electron chi connectivity index (χ4n) is 2.68. The molecule has 2 heteroatoms. The summed E-state index contributed by atoms with van der Waals surface area (Å²) in [5, 5.41) is 3.73. The van der Waals surface area contributed by atoms with Gasteiger partial charge in [0.15, 0.2) is 0 Å². The van der Waals surface area contributed by atoms with E-state index in [1.165, 1.54) is 24.0 Å². The second-order valence-electron chi connectivity index (χ2n) is 5.41. The Morgan fingerprint density at radius 1 is 1.24 bits per heavy atom. The highest BCUT2D eigenvalue weighted by molar-refractivity contribution is 5.24. The Kier molecular flexibility index (Phi) is 4.19. The van der Waals surface area contributed by atoms with Gasteiger partial charge < -0.3 is 11.1 Å². The van der Waals surface area contributed by atoms with Crippen LogP contribution in [-0.2, 0) is 0 Å². The molecule has 0 spiro atoms. The predicted molar refractivity (Wildman–Crippen MR) is 73.0 cm³/mol. The number of benzene rings is 1. The van der Waals surface area contributed by atoms with E-state index in [-0.39, 0.29) is 0 Å². The molecule has 0 radical (unpaired) electrons. The van der Waals surface area contributed by atoms with Crippen molar-refractivity contribution in [2.75, 3.05) is 0 Å². The highest BCUT2D eigenvalue weighted by atomic mass is 14.9. The minimum absolute atomic E-state index is 0.433. The third kappa shape index (κ3) is 3.55. The van der Waals surface area contributed by atoms with Crippen LogP contribution < -0.4 is 11.1 Å². The Morgan fingerprint density at radius 2 is 1.94 bits per heavy atom. The van der Waals surface area contributed by atoms with Crippen LogP contribution in [0.5, 0.6) is 0 Å². The lowest BCUT2D eigenvalue weighted by Crippen LogP contribution is -2.38. The van der Waals surface area contributed by atoms with Gasteiger partial charge in [0.25, 0.3) is 0 Å². The van der Waals surface area contributed by atoms with Crippen LogP contribution in [0.1, 0.15) is 49.8 Å². The molecular formula is C15H24N2. The number of aryl methyl sites for hydroxylation is 1. The van der Waals surface area contributed by atoms with E-state index < -0.39 is 0 Å². The lowest BCUT2D eigenvalue weighted by Gasteiger charge is -2.29. The number of nitrogens with one attached hydrogen (secondary N) is 1. The van der Waals surface area contributed by atoms with E-state index in [9.17, 15) is 0 Å². The maximum absolute atomic E-state index is 5.93. The van der Waals surface area contributed by atoms with Crippen LogP contribution in [0.3, 0.4) is 0 Å². The zero-order chi connectivity index (χ0) is 12.3. The molecule has 0 aromatic heterocycles. The molecule has 2 rings (SSSR count). The van der Waals surface area contributed by atoms with Crippen LogP contribution in [0.4, 0.5) is 0 Å². The monoisotopic (exact) mass is 232 g/mol. The quantitative estimate of drug-likeness (QED) is 0.841. The summed E-state index contributed by atoms with van der Waals surface area (Å²) in [6, 6.07) is 10.3. The first kappa shape index (κ1) is 12.6. The molecule has 0 saturated heterocycles. The lowest BCUT2D eigenvalue weighted by molar-refractivity contribution is 0.322. The molecule has 0 amide bonds. The fraction of sp³-hybridized carbons (Fsp3) is 0.600. The lowest BCUT2D eigenvalue weighted by atomic mass is 9.91. The summed E-state index contributed by atoms with van der Waals surface area (Å²) in [5.41, 5.74) is 8.65. The molecule has 1 saturated carbocycles. The second-order valence-corrected chi connectivity index (χ2v) is 5.41. The molecule has 1 aromatic rings. The van der Waals surface area contributed by atoms with Gasteiger partial charge >= 0.3 is 0 Å². The first-order valence-corrected chi connectivity index (χ1v) is 6.73. The van der Waals surface area contributed by atoms with Crippen molar-refractivity contribution in [3.05, 3.63) is 35.4 Å². The second kappa shape index (κ2) is 5.65. The summed E-state index contributed by atoms with van der Waals surface area (Å²) in [6.45, 7) is 4.40. The molecule has 0 heterocycles. The summed E-state index contributed by atoms with van der Waals surface area (Å²) in [5.74, 6) is 0. The minimum Gasteiger partial charge on any atom is -0.328 e. The fourth-order valence-corrected chi connectivity index (χ4v) is 2.68. The van der Waals surface area contributed by atoms with Gasteiger partial charge in [-0.05, 0) is 45.1 Å². The van der Waals surface area contributed by atoms with Crippen molar-refractivity contribution >= 4 is 0 Å². The van der Waals surface area contributed by atoms with E-state index in [1.807, 2.05) is 0 Å². The Bertz CT molecular complexity index is 354. The third-order valence-electron chi connectivity index (χ3n) is 3.80. The highest BCUT2D eigenvalue weighted by Gasteiger charge is 2.20. The van der Waals surface area contributed by atoms with Crippen LogP contribution in [0, 0.1) is 6.92 Å². The molecule has 2 nitrogen and oxygen atoms in total. The van der Waals surface area contributed by atoms with Crippen LogP contribution in [0.2, 0.25) is 0 Å². The molecule has 0 bridgehead atoms. The molecular weight excluding hydrogens is 208 g/mol. The Labute approximate surface area is 105 Å². The van der Waals surface area contributed by atoms with Crippen LogP contribution in [0.15, 0.2) is 24.3 Å². The molecule has 1 aliphatic carbocycles. The van der Waals surface area contributed by atoms with E-state index in [1.54, 1.807) is 0 Å². The topological polar surface area (TPSA) is 38.0 Å². The van der Waals surface area contributed by atoms with E-state index in [0.717, 1.165) is 12.8 Å². The van der Waals surface area contributed by atoms with Crippen molar-refractivity contribution in [2.24, 2.45) is 5.73 Å².